The van der Waals surface area contributed by atoms with Gasteiger partial charge in [-0.2, -0.15) is 0 Å². The predicted octanol–water partition coefficient (Wildman–Crippen LogP) is 3.06. The van der Waals surface area contributed by atoms with Crippen molar-refractivity contribution in [2.75, 3.05) is 6.54 Å². The van der Waals surface area contributed by atoms with E-state index in [0.29, 0.717) is 0 Å². The Morgan fingerprint density at radius 1 is 1.15 bits per heavy atom. The number of hydrogen-bond acceptors (Lipinski definition) is 1. The summed E-state index contributed by atoms with van der Waals surface area (Å²) in [5.41, 5.74) is 0. The van der Waals surface area contributed by atoms with E-state index in [1.54, 1.807) is 0 Å². The van der Waals surface area contributed by atoms with Gasteiger partial charge in [0.25, 0.3) is 0 Å². The highest BCUT2D eigenvalue weighted by Crippen LogP contribution is 2.28. The molecule has 1 rings (SSSR count). The van der Waals surface area contributed by atoms with Crippen molar-refractivity contribution in [3.05, 3.63) is 0 Å². The lowest BCUT2D eigenvalue weighted by Crippen LogP contribution is -2.44. The van der Waals surface area contributed by atoms with E-state index in [4.69, 9.17) is 0 Å². The monoisotopic (exact) mass is 183 g/mol. The minimum atomic E-state index is 0.774. The molecule has 2 atom stereocenters. The lowest BCUT2D eigenvalue weighted by atomic mass is 9.78. The maximum atomic E-state index is 3.72. The molecule has 0 amide bonds. The fourth-order valence-corrected chi connectivity index (χ4v) is 2.46. The summed E-state index contributed by atoms with van der Waals surface area (Å²) in [5, 5.41) is 3.72. The van der Waals surface area contributed by atoms with Gasteiger partial charge in [-0.3, -0.25) is 0 Å². The zero-order chi connectivity index (χ0) is 9.84. The molecule has 1 fully saturated rings. The second-order valence-electron chi connectivity index (χ2n) is 5.21. The van der Waals surface area contributed by atoms with Gasteiger partial charge in [0.15, 0.2) is 0 Å². The van der Waals surface area contributed by atoms with E-state index in [2.05, 4.69) is 33.0 Å². The Labute approximate surface area is 83.3 Å². The van der Waals surface area contributed by atoms with Crippen molar-refractivity contribution in [1.82, 2.24) is 5.32 Å². The molecule has 0 radical (unpaired) electrons. The maximum Gasteiger partial charge on any atom is 0.0118 e. The molecule has 0 bridgehead atoms. The summed E-state index contributed by atoms with van der Waals surface area (Å²) in [7, 11) is 0. The van der Waals surface area contributed by atoms with Crippen LogP contribution in [0, 0.1) is 17.8 Å². The average Bonchev–Trinajstić information content (AvgIpc) is 2.03. The van der Waals surface area contributed by atoms with Crippen LogP contribution in [0.5, 0.6) is 0 Å². The Kier molecular flexibility index (Phi) is 4.24. The molecule has 0 aliphatic heterocycles. The van der Waals surface area contributed by atoms with Crippen LogP contribution in [0.1, 0.15) is 47.0 Å². The van der Waals surface area contributed by atoms with E-state index in [-0.39, 0.29) is 0 Å². The molecular weight excluding hydrogens is 158 g/mol. The fraction of sp³-hybridized carbons (Fsp3) is 1.00. The smallest absolute Gasteiger partial charge is 0.0118 e. The van der Waals surface area contributed by atoms with Crippen LogP contribution >= 0.6 is 0 Å². The first-order chi connectivity index (χ1) is 6.11. The van der Waals surface area contributed by atoms with Gasteiger partial charge in [-0.15, -0.1) is 0 Å². The second-order valence-corrected chi connectivity index (χ2v) is 5.21. The summed E-state index contributed by atoms with van der Waals surface area (Å²) in [6.07, 6.45) is 4.27. The molecule has 1 saturated carbocycles. The van der Waals surface area contributed by atoms with Gasteiger partial charge >= 0.3 is 0 Å². The van der Waals surface area contributed by atoms with Crippen molar-refractivity contribution in [1.29, 1.82) is 0 Å². The molecule has 0 saturated heterocycles. The quantitative estimate of drug-likeness (QED) is 0.709. The molecule has 1 N–H and O–H groups in total. The van der Waals surface area contributed by atoms with Crippen molar-refractivity contribution >= 4 is 0 Å². The van der Waals surface area contributed by atoms with Gasteiger partial charge in [0.2, 0.25) is 0 Å². The topological polar surface area (TPSA) is 12.0 Å². The van der Waals surface area contributed by atoms with Crippen LogP contribution in [0.25, 0.3) is 0 Å². The third-order valence-corrected chi connectivity index (χ3v) is 3.31. The summed E-state index contributed by atoms with van der Waals surface area (Å²) in [6.45, 7) is 10.5. The van der Waals surface area contributed by atoms with E-state index >= 15 is 0 Å². The summed E-state index contributed by atoms with van der Waals surface area (Å²) >= 11 is 0. The van der Waals surface area contributed by atoms with E-state index in [9.17, 15) is 0 Å². The van der Waals surface area contributed by atoms with Crippen molar-refractivity contribution in [3.63, 3.8) is 0 Å². The average molecular weight is 183 g/mol. The van der Waals surface area contributed by atoms with Gasteiger partial charge in [-0.1, -0.05) is 34.1 Å². The minimum Gasteiger partial charge on any atom is -0.313 e. The summed E-state index contributed by atoms with van der Waals surface area (Å²) < 4.78 is 0. The van der Waals surface area contributed by atoms with Crippen LogP contribution in [0.15, 0.2) is 0 Å². The third kappa shape index (κ3) is 3.30. The van der Waals surface area contributed by atoms with Gasteiger partial charge in [-0.05, 0) is 37.1 Å². The lowest BCUT2D eigenvalue weighted by Gasteiger charge is -2.35. The van der Waals surface area contributed by atoms with Gasteiger partial charge in [-0.25, -0.2) is 0 Å². The van der Waals surface area contributed by atoms with Crippen molar-refractivity contribution in [2.45, 2.75) is 53.0 Å². The molecule has 0 unspecified atom stereocenters. The Balaban J connectivity index is 2.35. The summed E-state index contributed by atoms with van der Waals surface area (Å²) in [4.78, 5) is 0. The molecule has 0 spiro atoms. The predicted molar refractivity (Wildman–Crippen MR) is 58.8 cm³/mol. The molecule has 1 aliphatic carbocycles. The van der Waals surface area contributed by atoms with Gasteiger partial charge in [0.1, 0.15) is 0 Å². The SMILES string of the molecule is CC(C)CNC1[C@@H](C)CCC[C@@H]1C. The molecule has 0 aromatic rings. The fourth-order valence-electron chi connectivity index (χ4n) is 2.46. The van der Waals surface area contributed by atoms with E-state index in [0.717, 1.165) is 23.8 Å². The van der Waals surface area contributed by atoms with Gasteiger partial charge < -0.3 is 5.32 Å². The Bertz CT molecular complexity index is 132. The molecule has 78 valence electrons. The second kappa shape index (κ2) is 4.99. The normalized spacial score (nSPS) is 31.2. The first-order valence-electron chi connectivity index (χ1n) is 5.84. The standard InChI is InChI=1S/C12H25N/c1-9(2)8-13-12-10(3)6-5-7-11(12)4/h9-13H,5-8H2,1-4H3/t10-,11-/m0/s1. The number of hydrogen-bond donors (Lipinski definition) is 1. The maximum absolute atomic E-state index is 3.72. The van der Waals surface area contributed by atoms with Crippen molar-refractivity contribution in [3.8, 4) is 0 Å². The zero-order valence-corrected chi connectivity index (χ0v) is 9.64. The molecule has 13 heavy (non-hydrogen) atoms. The third-order valence-electron chi connectivity index (χ3n) is 3.31. The Hall–Kier alpha value is -0.0400. The number of rotatable bonds is 3. The van der Waals surface area contributed by atoms with E-state index in [1.807, 2.05) is 0 Å². The Morgan fingerprint density at radius 3 is 2.15 bits per heavy atom. The van der Waals surface area contributed by atoms with E-state index < -0.39 is 0 Å². The van der Waals surface area contributed by atoms with Crippen LogP contribution in [-0.4, -0.2) is 12.6 Å². The molecule has 0 aromatic heterocycles. The molecule has 0 heterocycles. The van der Waals surface area contributed by atoms with Gasteiger partial charge in [0, 0.05) is 6.04 Å². The highest BCUT2D eigenvalue weighted by molar-refractivity contribution is 4.83. The minimum absolute atomic E-state index is 0.774. The first-order valence-corrected chi connectivity index (χ1v) is 5.84. The summed E-state index contributed by atoms with van der Waals surface area (Å²) in [6, 6.07) is 0.774. The molecular formula is C12H25N. The van der Waals surface area contributed by atoms with Crippen molar-refractivity contribution in [2.24, 2.45) is 17.8 Å². The molecule has 1 aliphatic rings. The highest BCUT2D eigenvalue weighted by Gasteiger charge is 2.26. The van der Waals surface area contributed by atoms with Crippen LogP contribution < -0.4 is 5.32 Å². The lowest BCUT2D eigenvalue weighted by molar-refractivity contribution is 0.204. The van der Waals surface area contributed by atoms with Crippen LogP contribution in [0.3, 0.4) is 0 Å². The first kappa shape index (κ1) is 11.0. The highest BCUT2D eigenvalue weighted by atomic mass is 14.9. The van der Waals surface area contributed by atoms with Crippen LogP contribution in [0.4, 0.5) is 0 Å². The van der Waals surface area contributed by atoms with Crippen LogP contribution in [-0.2, 0) is 0 Å². The zero-order valence-electron chi connectivity index (χ0n) is 9.64. The molecule has 1 nitrogen and oxygen atoms in total. The summed E-state index contributed by atoms with van der Waals surface area (Å²) in [5.74, 6) is 2.53. The van der Waals surface area contributed by atoms with E-state index in [1.165, 1.54) is 25.8 Å². The Morgan fingerprint density at radius 2 is 1.69 bits per heavy atom. The van der Waals surface area contributed by atoms with Crippen molar-refractivity contribution < 1.29 is 0 Å². The number of nitrogens with one attached hydrogen (secondary N) is 1. The van der Waals surface area contributed by atoms with Crippen LogP contribution in [0.2, 0.25) is 0 Å². The largest absolute Gasteiger partial charge is 0.313 e. The van der Waals surface area contributed by atoms with Gasteiger partial charge in [0.05, 0.1) is 0 Å². The molecule has 1 heteroatoms. The molecule has 0 aromatic carbocycles.